The number of fused-ring (bicyclic) bond motifs is 2. The highest BCUT2D eigenvalue weighted by atomic mass is 16.6. The number of aromatic nitrogens is 2. The summed E-state index contributed by atoms with van der Waals surface area (Å²) in [5, 5.41) is 4.93. The van der Waals surface area contributed by atoms with Crippen LogP contribution in [0.15, 0.2) is 77.9 Å². The lowest BCUT2D eigenvalue weighted by atomic mass is 9.90. The van der Waals surface area contributed by atoms with Crippen LogP contribution in [0, 0.1) is 0 Å². The number of aliphatic imine (C=N–C) groups is 1. The Hall–Kier alpha value is -3.86. The number of ether oxygens (including phenoxy) is 2. The van der Waals surface area contributed by atoms with Gasteiger partial charge < -0.3 is 9.47 Å². The summed E-state index contributed by atoms with van der Waals surface area (Å²) in [6.45, 7) is 1.14. The van der Waals surface area contributed by atoms with Crippen molar-refractivity contribution >= 4 is 11.9 Å². The zero-order valence-electron chi connectivity index (χ0n) is 18.4. The van der Waals surface area contributed by atoms with Gasteiger partial charge in [0, 0.05) is 23.5 Å². The van der Waals surface area contributed by atoms with E-state index in [0.29, 0.717) is 13.2 Å². The topological polar surface area (TPSA) is 48.6 Å². The summed E-state index contributed by atoms with van der Waals surface area (Å²) in [5.74, 6) is 1.53. The molecule has 1 aliphatic carbocycles. The molecule has 0 amide bonds. The summed E-state index contributed by atoms with van der Waals surface area (Å²) in [4.78, 5) is 4.94. The van der Waals surface area contributed by atoms with Crippen LogP contribution in [0.3, 0.4) is 0 Å². The van der Waals surface area contributed by atoms with Gasteiger partial charge in [0.25, 0.3) is 0 Å². The average molecular weight is 436 g/mol. The highest BCUT2D eigenvalue weighted by Gasteiger charge is 2.17. The maximum absolute atomic E-state index is 5.82. The van der Waals surface area contributed by atoms with Crippen molar-refractivity contribution in [3.63, 3.8) is 0 Å². The second-order valence-corrected chi connectivity index (χ2v) is 8.45. The van der Waals surface area contributed by atoms with Crippen molar-refractivity contribution in [2.75, 3.05) is 13.2 Å². The molecule has 0 atom stereocenters. The third-order valence-corrected chi connectivity index (χ3v) is 6.29. The summed E-state index contributed by atoms with van der Waals surface area (Å²) in [6, 6.07) is 22.6. The monoisotopic (exact) mass is 435 g/mol. The van der Waals surface area contributed by atoms with Gasteiger partial charge in [-0.25, -0.2) is 4.68 Å². The van der Waals surface area contributed by atoms with Crippen molar-refractivity contribution in [1.29, 1.82) is 0 Å². The van der Waals surface area contributed by atoms with Crippen LogP contribution in [0.25, 0.3) is 16.9 Å². The summed E-state index contributed by atoms with van der Waals surface area (Å²) in [5.41, 5.74) is 7.69. The van der Waals surface area contributed by atoms with Gasteiger partial charge in [0.1, 0.15) is 18.9 Å². The first-order valence-corrected chi connectivity index (χ1v) is 11.6. The molecular formula is C28H25N3O2. The molecule has 3 aromatic carbocycles. The maximum atomic E-state index is 5.82. The first-order valence-electron chi connectivity index (χ1n) is 11.6. The Kier molecular flexibility index (Phi) is 5.15. The van der Waals surface area contributed by atoms with Gasteiger partial charge in [0.05, 0.1) is 11.4 Å². The molecule has 0 spiro atoms. The fourth-order valence-electron chi connectivity index (χ4n) is 4.63. The van der Waals surface area contributed by atoms with Crippen molar-refractivity contribution in [3.05, 3.63) is 89.6 Å². The lowest BCUT2D eigenvalue weighted by molar-refractivity contribution is 0.171. The first-order chi connectivity index (χ1) is 16.3. The van der Waals surface area contributed by atoms with Gasteiger partial charge in [0.15, 0.2) is 11.5 Å². The number of nitrogens with zero attached hydrogens (tertiary/aromatic N) is 3. The molecule has 5 heteroatoms. The molecule has 6 rings (SSSR count). The van der Waals surface area contributed by atoms with Crippen LogP contribution in [-0.4, -0.2) is 29.2 Å². The molecule has 4 aromatic rings. The summed E-state index contributed by atoms with van der Waals surface area (Å²) in [6.07, 6.45) is 8.73. The van der Waals surface area contributed by atoms with Gasteiger partial charge in [-0.3, -0.25) is 4.99 Å². The van der Waals surface area contributed by atoms with Gasteiger partial charge in [-0.15, -0.1) is 0 Å². The zero-order valence-corrected chi connectivity index (χ0v) is 18.4. The van der Waals surface area contributed by atoms with E-state index in [1.54, 1.807) is 0 Å². The van der Waals surface area contributed by atoms with Crippen LogP contribution in [0.1, 0.15) is 29.5 Å². The Morgan fingerprint density at radius 1 is 0.848 bits per heavy atom. The van der Waals surface area contributed by atoms with E-state index in [1.165, 1.54) is 24.0 Å². The molecule has 0 fully saturated rings. The quantitative estimate of drug-likeness (QED) is 0.373. The van der Waals surface area contributed by atoms with Crippen LogP contribution >= 0.6 is 0 Å². The number of aryl methyl sites for hydroxylation is 1. The van der Waals surface area contributed by atoms with Gasteiger partial charge in [0.2, 0.25) is 0 Å². The highest BCUT2D eigenvalue weighted by Crippen LogP contribution is 2.35. The number of rotatable bonds is 4. The third-order valence-electron chi connectivity index (χ3n) is 6.29. The van der Waals surface area contributed by atoms with Gasteiger partial charge in [-0.2, -0.15) is 5.10 Å². The van der Waals surface area contributed by atoms with E-state index in [-0.39, 0.29) is 0 Å². The minimum Gasteiger partial charge on any atom is -0.486 e. The standard InChI is InChI=1S/C28H25N3O2/c1-2-9-23(10-3-1)31-19-22(18-29-25-12-6-8-20-7-4-5-11-24(20)25)28(30-31)21-13-14-26-27(17-21)33-16-15-32-26/h1-3,6,8-10,12-14,17-19H,4-5,7,11,15-16H2. The van der Waals surface area contributed by atoms with E-state index in [4.69, 9.17) is 19.6 Å². The van der Waals surface area contributed by atoms with Crippen LogP contribution in [-0.2, 0) is 12.8 Å². The Morgan fingerprint density at radius 3 is 2.61 bits per heavy atom. The van der Waals surface area contributed by atoms with E-state index >= 15 is 0 Å². The fraction of sp³-hybridized carbons (Fsp3) is 0.214. The lowest BCUT2D eigenvalue weighted by Gasteiger charge is -2.18. The minimum atomic E-state index is 0.558. The third kappa shape index (κ3) is 3.91. The van der Waals surface area contributed by atoms with E-state index in [9.17, 15) is 0 Å². The van der Waals surface area contributed by atoms with Crippen LogP contribution in [0.5, 0.6) is 11.5 Å². The van der Waals surface area contributed by atoms with Crippen molar-refractivity contribution in [2.45, 2.75) is 25.7 Å². The lowest BCUT2D eigenvalue weighted by Crippen LogP contribution is -2.15. The number of hydrogen-bond donors (Lipinski definition) is 0. The van der Waals surface area contributed by atoms with Crippen LogP contribution < -0.4 is 9.47 Å². The molecule has 1 aliphatic heterocycles. The second-order valence-electron chi connectivity index (χ2n) is 8.45. The molecule has 0 N–H and O–H groups in total. The normalized spacial score (nSPS) is 14.9. The van der Waals surface area contributed by atoms with Crippen LogP contribution in [0.2, 0.25) is 0 Å². The molecule has 0 radical (unpaired) electrons. The molecule has 2 heterocycles. The number of para-hydroxylation sites is 1. The Bertz CT molecular complexity index is 1320. The van der Waals surface area contributed by atoms with Crippen molar-refractivity contribution in [1.82, 2.24) is 9.78 Å². The molecule has 0 saturated heterocycles. The highest BCUT2D eigenvalue weighted by molar-refractivity contribution is 5.90. The Balaban J connectivity index is 1.43. The van der Waals surface area contributed by atoms with Gasteiger partial charge in [-0.1, -0.05) is 30.3 Å². The predicted molar refractivity (Wildman–Crippen MR) is 130 cm³/mol. The van der Waals surface area contributed by atoms with Crippen LogP contribution in [0.4, 0.5) is 5.69 Å². The molecular weight excluding hydrogens is 410 g/mol. The number of hydrogen-bond acceptors (Lipinski definition) is 4. The smallest absolute Gasteiger partial charge is 0.162 e. The Labute approximate surface area is 193 Å². The average Bonchev–Trinajstić information content (AvgIpc) is 3.32. The van der Waals surface area contributed by atoms with Gasteiger partial charge >= 0.3 is 0 Å². The second kappa shape index (κ2) is 8.58. The Morgan fingerprint density at radius 2 is 1.70 bits per heavy atom. The van der Waals surface area contributed by atoms with Crippen molar-refractivity contribution < 1.29 is 9.47 Å². The SMILES string of the molecule is C(=Nc1cccc2c1CCCC2)c1cn(-c2ccccc2)nc1-c1ccc2c(c1)OCCO2. The number of benzene rings is 3. The molecule has 0 bridgehead atoms. The van der Waals surface area contributed by atoms with Gasteiger partial charge in [-0.05, 0) is 73.2 Å². The van der Waals surface area contributed by atoms with E-state index < -0.39 is 0 Å². The van der Waals surface area contributed by atoms with Crippen molar-refractivity contribution in [2.24, 2.45) is 4.99 Å². The summed E-state index contributed by atoms with van der Waals surface area (Å²) >= 11 is 0. The summed E-state index contributed by atoms with van der Waals surface area (Å²) < 4.78 is 13.4. The molecule has 0 unspecified atom stereocenters. The molecule has 33 heavy (non-hydrogen) atoms. The predicted octanol–water partition coefficient (Wildman–Crippen LogP) is 5.94. The van der Waals surface area contributed by atoms with E-state index in [1.807, 2.05) is 53.5 Å². The molecule has 164 valence electrons. The first kappa shape index (κ1) is 19.8. The minimum absolute atomic E-state index is 0.558. The molecule has 1 aromatic heterocycles. The summed E-state index contributed by atoms with van der Waals surface area (Å²) in [7, 11) is 0. The maximum Gasteiger partial charge on any atom is 0.162 e. The zero-order chi connectivity index (χ0) is 22.0. The molecule has 5 nitrogen and oxygen atoms in total. The fourth-order valence-corrected chi connectivity index (χ4v) is 4.63. The molecule has 2 aliphatic rings. The van der Waals surface area contributed by atoms with E-state index in [2.05, 4.69) is 30.3 Å². The molecule has 0 saturated carbocycles. The van der Waals surface area contributed by atoms with Crippen molar-refractivity contribution in [3.8, 4) is 28.4 Å². The van der Waals surface area contributed by atoms with E-state index in [0.717, 1.165) is 52.5 Å². The largest absolute Gasteiger partial charge is 0.486 e.